The molecule has 4 rings (SSSR count). The second-order valence-corrected chi connectivity index (χ2v) is 14.4. The first-order chi connectivity index (χ1) is 13.7. The fourth-order valence-electron chi connectivity index (χ4n) is 5.68. The van der Waals surface area contributed by atoms with Crippen LogP contribution in [0.2, 0.25) is 0 Å². The Morgan fingerprint density at radius 2 is 1.28 bits per heavy atom. The van der Waals surface area contributed by atoms with Gasteiger partial charge in [0.25, 0.3) is 0 Å². The average molecular weight is 472 g/mol. The maximum atomic E-state index is 2.47. The molecule has 0 spiro atoms. The van der Waals surface area contributed by atoms with E-state index in [4.69, 9.17) is 0 Å². The molecule has 0 unspecified atom stereocenters. The van der Waals surface area contributed by atoms with E-state index in [0.29, 0.717) is 0 Å². The van der Waals surface area contributed by atoms with Gasteiger partial charge in [-0.05, 0) is 97.5 Å². The Labute approximate surface area is 194 Å². The van der Waals surface area contributed by atoms with Gasteiger partial charge >= 0.3 is 0 Å². The molecule has 2 heterocycles. The van der Waals surface area contributed by atoms with Gasteiger partial charge in [0.05, 0.1) is 0 Å². The summed E-state index contributed by atoms with van der Waals surface area (Å²) >= 11 is 0. The maximum absolute atomic E-state index is 2.47. The van der Waals surface area contributed by atoms with Crippen molar-refractivity contribution in [3.05, 3.63) is 47.1 Å². The first-order valence-electron chi connectivity index (χ1n) is 12.0. The molecule has 2 aliphatic heterocycles. The minimum absolute atomic E-state index is 0. The molecule has 0 N–H and O–H groups in total. The second-order valence-electron chi connectivity index (χ2n) is 8.77. The fraction of sp³-hybridized carbons (Fsp3) is 0.692. The topological polar surface area (TPSA) is 0 Å². The van der Waals surface area contributed by atoms with Gasteiger partial charge in [-0.2, -0.15) is 0 Å². The van der Waals surface area contributed by atoms with Crippen molar-refractivity contribution in [3.8, 4) is 0 Å². The Bertz CT molecular complexity index is 594. The Morgan fingerprint density at radius 3 is 1.66 bits per heavy atom. The monoisotopic (exact) mass is 472 g/mol. The van der Waals surface area contributed by atoms with Gasteiger partial charge in [0.15, 0.2) is 0 Å². The van der Waals surface area contributed by atoms with Crippen LogP contribution in [0, 0.1) is 0 Å². The van der Waals surface area contributed by atoms with E-state index in [2.05, 4.69) is 64.2 Å². The van der Waals surface area contributed by atoms with Gasteiger partial charge in [-0.3, -0.25) is 0 Å². The SMILES string of the molecule is CC[C@@H]1CC[C@@H](CC)P1C1=CC=CC1.CC[C@@H]1CC[C@@H](CC)P1C1=CCC=C1.[Fe]. The van der Waals surface area contributed by atoms with E-state index in [9.17, 15) is 0 Å². The van der Waals surface area contributed by atoms with Crippen LogP contribution in [0.4, 0.5) is 0 Å². The molecule has 4 aliphatic rings. The number of rotatable bonds is 6. The van der Waals surface area contributed by atoms with Gasteiger partial charge in [-0.15, -0.1) is 0 Å². The summed E-state index contributed by atoms with van der Waals surface area (Å²) in [4.78, 5) is 0. The minimum atomic E-state index is 0. The number of hydrogen-bond donors (Lipinski definition) is 0. The molecule has 0 nitrogen and oxygen atoms in total. The molecule has 0 aromatic rings. The smallest absolute Gasteiger partial charge is 0 e. The van der Waals surface area contributed by atoms with Crippen molar-refractivity contribution in [2.45, 2.75) is 115 Å². The molecule has 0 radical (unpaired) electrons. The zero-order valence-corrected chi connectivity index (χ0v) is 22.0. The summed E-state index contributed by atoms with van der Waals surface area (Å²) in [6, 6.07) is 0. The van der Waals surface area contributed by atoms with Crippen molar-refractivity contribution in [2.75, 3.05) is 0 Å². The molecule has 2 fully saturated rings. The van der Waals surface area contributed by atoms with Crippen LogP contribution < -0.4 is 0 Å². The molecule has 164 valence electrons. The van der Waals surface area contributed by atoms with Crippen molar-refractivity contribution >= 4 is 15.8 Å². The summed E-state index contributed by atoms with van der Waals surface area (Å²) in [5.74, 6) is 0. The van der Waals surface area contributed by atoms with Crippen molar-refractivity contribution in [1.29, 1.82) is 0 Å². The van der Waals surface area contributed by atoms with E-state index in [-0.39, 0.29) is 32.9 Å². The molecule has 0 aromatic heterocycles. The summed E-state index contributed by atoms with van der Waals surface area (Å²) in [5, 5.41) is 3.51. The predicted molar refractivity (Wildman–Crippen MR) is 132 cm³/mol. The van der Waals surface area contributed by atoms with Crippen molar-refractivity contribution in [3.63, 3.8) is 0 Å². The van der Waals surface area contributed by atoms with Gasteiger partial charge in [-0.1, -0.05) is 80.0 Å². The van der Waals surface area contributed by atoms with E-state index >= 15 is 0 Å². The van der Waals surface area contributed by atoms with Crippen molar-refractivity contribution in [1.82, 2.24) is 0 Å². The summed E-state index contributed by atoms with van der Waals surface area (Å²) in [6.07, 6.45) is 28.2. The third kappa shape index (κ3) is 6.19. The Hall–Kier alpha value is 0.339. The molecule has 3 heteroatoms. The van der Waals surface area contributed by atoms with E-state index in [0.717, 1.165) is 22.6 Å². The molecule has 0 amide bonds. The van der Waals surface area contributed by atoms with E-state index in [1.54, 1.807) is 10.6 Å². The number of allylic oxidation sites excluding steroid dienone is 8. The summed E-state index contributed by atoms with van der Waals surface area (Å²) in [5.41, 5.74) is 4.15. The fourth-order valence-corrected chi connectivity index (χ4v) is 13.1. The molecule has 0 saturated carbocycles. The van der Waals surface area contributed by atoms with Crippen LogP contribution >= 0.6 is 15.8 Å². The zero-order chi connectivity index (χ0) is 19.9. The minimum Gasteiger partial charge on any atom is -0.0801 e. The van der Waals surface area contributed by atoms with Crippen LogP contribution in [-0.2, 0) is 17.1 Å². The maximum Gasteiger partial charge on any atom is 0 e. The molecular formula is C26H42FeP2. The van der Waals surface area contributed by atoms with E-state index in [1.165, 1.54) is 64.2 Å². The largest absolute Gasteiger partial charge is 0.0801 e. The standard InChI is InChI=1S/2C13H21P.Fe/c2*1-3-11-9-10-12(4-2)14(11)13-7-5-6-8-13;/h5,7-8,11-12H,3-4,6,9-10H2,1-2H3;5-7,11-12H,3-4,8-10H2,1-2H3;/t2*11-,12-;/m11./s1. The first kappa shape index (κ1) is 25.6. The van der Waals surface area contributed by atoms with Gasteiger partial charge < -0.3 is 0 Å². The first-order valence-corrected chi connectivity index (χ1v) is 15.0. The molecule has 0 aromatic carbocycles. The van der Waals surface area contributed by atoms with Gasteiger partial charge in [0.1, 0.15) is 0 Å². The third-order valence-corrected chi connectivity index (χ3v) is 14.8. The normalized spacial score (nSPS) is 31.4. The average Bonchev–Trinajstić information content (AvgIpc) is 3.52. The predicted octanol–water partition coefficient (Wildman–Crippen LogP) is 9.32. The zero-order valence-electron chi connectivity index (χ0n) is 19.1. The van der Waals surface area contributed by atoms with Crippen LogP contribution in [0.1, 0.15) is 91.9 Å². The van der Waals surface area contributed by atoms with Crippen molar-refractivity contribution < 1.29 is 17.1 Å². The summed E-state index contributed by atoms with van der Waals surface area (Å²) in [7, 11) is 0.426. The summed E-state index contributed by atoms with van der Waals surface area (Å²) in [6.45, 7) is 9.50. The van der Waals surface area contributed by atoms with E-state index < -0.39 is 0 Å². The quantitative estimate of drug-likeness (QED) is 0.267. The molecule has 0 bridgehead atoms. The Morgan fingerprint density at radius 1 is 0.759 bits per heavy atom. The molecule has 4 atom stereocenters. The Balaban J connectivity index is 0.000000200. The van der Waals surface area contributed by atoms with Crippen LogP contribution in [0.15, 0.2) is 47.1 Å². The second kappa shape index (κ2) is 13.0. The van der Waals surface area contributed by atoms with Crippen LogP contribution in [0.3, 0.4) is 0 Å². The molecule has 2 saturated heterocycles. The van der Waals surface area contributed by atoms with Gasteiger partial charge in [-0.25, -0.2) is 0 Å². The number of hydrogen-bond acceptors (Lipinski definition) is 0. The molecular weight excluding hydrogens is 430 g/mol. The van der Waals surface area contributed by atoms with Crippen LogP contribution in [0.5, 0.6) is 0 Å². The molecule has 2 aliphatic carbocycles. The van der Waals surface area contributed by atoms with Crippen molar-refractivity contribution in [2.24, 2.45) is 0 Å². The van der Waals surface area contributed by atoms with E-state index in [1.807, 2.05) is 0 Å². The summed E-state index contributed by atoms with van der Waals surface area (Å²) < 4.78 is 0. The Kier molecular flexibility index (Phi) is 11.5. The van der Waals surface area contributed by atoms with Gasteiger partial charge in [0.2, 0.25) is 0 Å². The van der Waals surface area contributed by atoms with Gasteiger partial charge in [0, 0.05) is 17.1 Å². The third-order valence-electron chi connectivity index (χ3n) is 7.26. The van der Waals surface area contributed by atoms with Crippen LogP contribution in [-0.4, -0.2) is 22.6 Å². The molecule has 29 heavy (non-hydrogen) atoms. The van der Waals surface area contributed by atoms with Crippen LogP contribution in [0.25, 0.3) is 0 Å².